The van der Waals surface area contributed by atoms with Crippen molar-refractivity contribution in [3.05, 3.63) is 56.4 Å². The van der Waals surface area contributed by atoms with E-state index >= 15 is 0 Å². The summed E-state index contributed by atoms with van der Waals surface area (Å²) in [6.07, 6.45) is 0.804. The van der Waals surface area contributed by atoms with E-state index in [0.717, 1.165) is 11.3 Å². The first-order chi connectivity index (χ1) is 10.9. The molecule has 1 N–H and O–H groups in total. The van der Waals surface area contributed by atoms with Crippen LogP contribution in [0.4, 0.5) is 0 Å². The van der Waals surface area contributed by atoms with Crippen LogP contribution in [0.1, 0.15) is 17.6 Å². The average molecular weight is 369 g/mol. The van der Waals surface area contributed by atoms with E-state index in [4.69, 9.17) is 11.6 Å². The van der Waals surface area contributed by atoms with Crippen molar-refractivity contribution in [3.63, 3.8) is 0 Å². The van der Waals surface area contributed by atoms with Gasteiger partial charge >= 0.3 is 0 Å². The number of fused-ring (bicyclic) bond motifs is 1. The number of sulfone groups is 1. The molecule has 3 rings (SSSR count). The highest BCUT2D eigenvalue weighted by Gasteiger charge is 2.18. The Morgan fingerprint density at radius 3 is 2.61 bits per heavy atom. The fourth-order valence-corrected chi connectivity index (χ4v) is 4.50. The lowest BCUT2D eigenvalue weighted by molar-refractivity contribution is 0.594. The second-order valence-corrected chi connectivity index (χ2v) is 8.55. The van der Waals surface area contributed by atoms with Crippen LogP contribution in [-0.4, -0.2) is 18.4 Å². The molecule has 0 fully saturated rings. The number of aromatic amines is 1. The Hall–Kier alpha value is -1.70. The van der Waals surface area contributed by atoms with Crippen molar-refractivity contribution in [3.8, 4) is 0 Å². The van der Waals surface area contributed by atoms with E-state index in [1.807, 2.05) is 6.92 Å². The van der Waals surface area contributed by atoms with Crippen molar-refractivity contribution in [1.82, 2.24) is 9.97 Å². The highest BCUT2D eigenvalue weighted by Crippen LogP contribution is 2.23. The van der Waals surface area contributed by atoms with Gasteiger partial charge in [-0.05, 0) is 36.8 Å². The summed E-state index contributed by atoms with van der Waals surface area (Å²) in [4.78, 5) is 20.7. The van der Waals surface area contributed by atoms with Crippen molar-refractivity contribution in [1.29, 1.82) is 0 Å². The van der Waals surface area contributed by atoms with E-state index in [1.54, 1.807) is 6.07 Å². The number of rotatable bonds is 4. The third-order valence-electron chi connectivity index (χ3n) is 3.35. The van der Waals surface area contributed by atoms with Crippen LogP contribution in [-0.2, 0) is 22.0 Å². The maximum atomic E-state index is 12.4. The first-order valence-corrected chi connectivity index (χ1v) is 9.73. The number of aryl methyl sites for hydroxylation is 1. The lowest BCUT2D eigenvalue weighted by atomic mass is 10.3. The number of halogens is 1. The highest BCUT2D eigenvalue weighted by atomic mass is 35.5. The normalized spacial score (nSPS) is 11.9. The summed E-state index contributed by atoms with van der Waals surface area (Å²) in [5.41, 5.74) is -0.313. The van der Waals surface area contributed by atoms with Crippen LogP contribution < -0.4 is 5.56 Å². The second-order valence-electron chi connectivity index (χ2n) is 5.01. The minimum absolute atomic E-state index is 0.141. The van der Waals surface area contributed by atoms with Crippen LogP contribution in [0.5, 0.6) is 0 Å². The number of H-pyrrole nitrogens is 1. The summed E-state index contributed by atoms with van der Waals surface area (Å²) in [5.74, 6) is -0.221. The van der Waals surface area contributed by atoms with Gasteiger partial charge in [-0.2, -0.15) is 0 Å². The predicted molar refractivity (Wildman–Crippen MR) is 92.0 cm³/mol. The van der Waals surface area contributed by atoms with Crippen molar-refractivity contribution < 1.29 is 8.42 Å². The van der Waals surface area contributed by atoms with Crippen LogP contribution >= 0.6 is 22.9 Å². The summed E-state index contributed by atoms with van der Waals surface area (Å²) < 4.78 is 24.8. The zero-order valence-corrected chi connectivity index (χ0v) is 14.6. The third kappa shape index (κ3) is 3.31. The number of thiophene rings is 1. The fraction of sp³-hybridized carbons (Fsp3) is 0.200. The molecule has 0 atom stereocenters. The Morgan fingerprint density at radius 1 is 1.26 bits per heavy atom. The maximum Gasteiger partial charge on any atom is 0.259 e. The van der Waals surface area contributed by atoms with E-state index in [0.29, 0.717) is 15.2 Å². The van der Waals surface area contributed by atoms with Crippen molar-refractivity contribution in [2.45, 2.75) is 24.0 Å². The molecular formula is C15H13ClN2O3S2. The molecule has 23 heavy (non-hydrogen) atoms. The van der Waals surface area contributed by atoms with Gasteiger partial charge < -0.3 is 4.98 Å². The Kier molecular flexibility index (Phi) is 4.27. The smallest absolute Gasteiger partial charge is 0.259 e. The number of nitrogens with one attached hydrogen (secondary N) is 1. The minimum atomic E-state index is -3.60. The molecule has 0 spiro atoms. The van der Waals surface area contributed by atoms with Gasteiger partial charge in [0.1, 0.15) is 16.4 Å². The lowest BCUT2D eigenvalue weighted by Gasteiger charge is -2.04. The molecule has 0 saturated heterocycles. The van der Waals surface area contributed by atoms with E-state index in [-0.39, 0.29) is 22.0 Å². The van der Waals surface area contributed by atoms with Crippen LogP contribution in [0.15, 0.2) is 40.0 Å². The molecule has 8 heteroatoms. The Balaban J connectivity index is 2.00. The van der Waals surface area contributed by atoms with Gasteiger partial charge in [0.25, 0.3) is 5.56 Å². The molecule has 0 amide bonds. The molecule has 2 heterocycles. The number of hydrogen-bond donors (Lipinski definition) is 1. The Morgan fingerprint density at radius 2 is 1.96 bits per heavy atom. The molecule has 0 radical (unpaired) electrons. The first-order valence-electron chi connectivity index (χ1n) is 6.89. The van der Waals surface area contributed by atoms with Gasteiger partial charge in [-0.1, -0.05) is 18.5 Å². The molecule has 0 aliphatic carbocycles. The van der Waals surface area contributed by atoms with E-state index in [1.165, 1.54) is 35.6 Å². The van der Waals surface area contributed by atoms with Crippen LogP contribution in [0, 0.1) is 0 Å². The van der Waals surface area contributed by atoms with Crippen LogP contribution in [0.2, 0.25) is 5.02 Å². The van der Waals surface area contributed by atoms with E-state index < -0.39 is 9.84 Å². The zero-order chi connectivity index (χ0) is 16.6. The Bertz CT molecular complexity index is 1020. The summed E-state index contributed by atoms with van der Waals surface area (Å²) in [7, 11) is -3.60. The molecule has 2 aromatic heterocycles. The summed E-state index contributed by atoms with van der Waals surface area (Å²) >= 11 is 7.18. The SMILES string of the molecule is CCc1cc2c(=O)[nH]c(CS(=O)(=O)c3ccc(Cl)cc3)nc2s1. The van der Waals surface area contributed by atoms with Gasteiger partial charge in [-0.25, -0.2) is 13.4 Å². The molecule has 0 unspecified atom stereocenters. The van der Waals surface area contributed by atoms with Gasteiger partial charge in [0, 0.05) is 9.90 Å². The Labute approximate surface area is 141 Å². The lowest BCUT2D eigenvalue weighted by Crippen LogP contribution is -2.14. The highest BCUT2D eigenvalue weighted by molar-refractivity contribution is 7.90. The third-order valence-corrected chi connectivity index (χ3v) is 6.42. The van der Waals surface area contributed by atoms with Gasteiger partial charge in [-0.3, -0.25) is 4.79 Å². The molecular weight excluding hydrogens is 356 g/mol. The number of benzene rings is 1. The average Bonchev–Trinajstić information content (AvgIpc) is 2.91. The number of nitrogens with zero attached hydrogens (tertiary/aromatic N) is 1. The molecule has 0 saturated carbocycles. The molecule has 0 aliphatic rings. The van der Waals surface area contributed by atoms with Crippen LogP contribution in [0.3, 0.4) is 0 Å². The summed E-state index contributed by atoms with van der Waals surface area (Å²) in [6.45, 7) is 1.99. The number of hydrogen-bond acceptors (Lipinski definition) is 5. The fourth-order valence-electron chi connectivity index (χ4n) is 2.17. The topological polar surface area (TPSA) is 79.9 Å². The zero-order valence-electron chi connectivity index (χ0n) is 12.2. The minimum Gasteiger partial charge on any atom is -0.309 e. The van der Waals surface area contributed by atoms with Gasteiger partial charge in [-0.15, -0.1) is 11.3 Å². The largest absolute Gasteiger partial charge is 0.309 e. The number of aromatic nitrogens is 2. The quantitative estimate of drug-likeness (QED) is 0.767. The van der Waals surface area contributed by atoms with E-state index in [2.05, 4.69) is 9.97 Å². The molecule has 120 valence electrons. The van der Waals surface area contributed by atoms with Crippen LogP contribution in [0.25, 0.3) is 10.2 Å². The van der Waals surface area contributed by atoms with Crippen molar-refractivity contribution in [2.75, 3.05) is 0 Å². The molecule has 0 aliphatic heterocycles. The standard InChI is InChI=1S/C15H13ClN2O3S2/c1-2-10-7-12-14(19)17-13(18-15(12)22-10)8-23(20,21)11-5-3-9(16)4-6-11/h3-7H,2,8H2,1H3,(H,17,18,19). The second kappa shape index (κ2) is 6.07. The first kappa shape index (κ1) is 16.2. The maximum absolute atomic E-state index is 12.4. The monoisotopic (exact) mass is 368 g/mol. The van der Waals surface area contributed by atoms with Crippen molar-refractivity contribution in [2.24, 2.45) is 0 Å². The van der Waals surface area contributed by atoms with Gasteiger partial charge in [0.2, 0.25) is 0 Å². The predicted octanol–water partition coefficient (Wildman–Crippen LogP) is 3.17. The molecule has 5 nitrogen and oxygen atoms in total. The summed E-state index contributed by atoms with van der Waals surface area (Å²) in [5, 5.41) is 0.960. The van der Waals surface area contributed by atoms with Crippen molar-refractivity contribution >= 4 is 43.0 Å². The molecule has 0 bridgehead atoms. The molecule has 1 aromatic carbocycles. The van der Waals surface area contributed by atoms with Gasteiger partial charge in [0.05, 0.1) is 10.3 Å². The van der Waals surface area contributed by atoms with Gasteiger partial charge in [0.15, 0.2) is 9.84 Å². The summed E-state index contributed by atoms with van der Waals surface area (Å²) in [6, 6.07) is 7.70. The van der Waals surface area contributed by atoms with E-state index in [9.17, 15) is 13.2 Å². The molecule has 3 aromatic rings.